The Bertz CT molecular complexity index is 682. The van der Waals surface area contributed by atoms with Crippen LogP contribution in [0, 0.1) is 0 Å². The Kier molecular flexibility index (Phi) is 6.42. The zero-order chi connectivity index (χ0) is 16.3. The first-order valence-corrected chi connectivity index (χ1v) is 6.65. The van der Waals surface area contributed by atoms with E-state index in [1.165, 1.54) is 0 Å². The first-order valence-electron chi connectivity index (χ1n) is 6.65. The van der Waals surface area contributed by atoms with Crippen molar-refractivity contribution in [3.63, 3.8) is 0 Å². The second-order valence-corrected chi connectivity index (χ2v) is 4.99. The van der Waals surface area contributed by atoms with Crippen LogP contribution < -0.4 is 16.6 Å². The fourth-order valence-corrected chi connectivity index (χ4v) is 2.08. The van der Waals surface area contributed by atoms with Crippen molar-refractivity contribution in [3.05, 3.63) is 32.6 Å². The molecule has 0 saturated heterocycles. The number of aliphatic imine (C=N–C) groups is 1. The van der Waals surface area contributed by atoms with Crippen LogP contribution in [-0.4, -0.2) is 46.7 Å². The number of rotatable bonds is 3. The molecule has 0 amide bonds. The Hall–Kier alpha value is -1.78. The maximum absolute atomic E-state index is 12.4. The highest BCUT2D eigenvalue weighted by molar-refractivity contribution is 8.93. The van der Waals surface area contributed by atoms with E-state index in [1.54, 1.807) is 0 Å². The Labute approximate surface area is 140 Å². The van der Waals surface area contributed by atoms with E-state index in [-0.39, 0.29) is 29.1 Å². The van der Waals surface area contributed by atoms with E-state index in [9.17, 15) is 22.8 Å². The fraction of sp³-hybridized carbons (Fsp3) is 0.583. The lowest BCUT2D eigenvalue weighted by Crippen LogP contribution is -2.43. The summed E-state index contributed by atoms with van der Waals surface area (Å²) >= 11 is 0. The van der Waals surface area contributed by atoms with Gasteiger partial charge in [0.05, 0.1) is 5.56 Å². The fourth-order valence-electron chi connectivity index (χ4n) is 2.08. The maximum Gasteiger partial charge on any atom is 0.406 e. The minimum atomic E-state index is -4.54. The van der Waals surface area contributed by atoms with Crippen LogP contribution in [0.4, 0.5) is 13.2 Å². The number of nitrogens with one attached hydrogen (secondary N) is 2. The molecule has 7 nitrogen and oxygen atoms in total. The van der Waals surface area contributed by atoms with E-state index < -0.39 is 24.0 Å². The highest BCUT2D eigenvalue weighted by Gasteiger charge is 2.28. The Balaban J connectivity index is 0.00000264. The molecule has 0 saturated carbocycles. The molecular formula is C12H17BrF3N5O2. The minimum absolute atomic E-state index is 0. The highest BCUT2D eigenvalue weighted by atomic mass is 79.9. The first kappa shape index (κ1) is 19.3. The van der Waals surface area contributed by atoms with E-state index in [4.69, 9.17) is 0 Å². The molecule has 1 aromatic heterocycles. The van der Waals surface area contributed by atoms with Gasteiger partial charge in [-0.15, -0.1) is 17.0 Å². The van der Waals surface area contributed by atoms with Gasteiger partial charge in [0.2, 0.25) is 0 Å². The average Bonchev–Trinajstić information content (AvgIpc) is 2.41. The van der Waals surface area contributed by atoms with Gasteiger partial charge in [0, 0.05) is 32.9 Å². The van der Waals surface area contributed by atoms with Crippen LogP contribution in [-0.2, 0) is 13.1 Å². The van der Waals surface area contributed by atoms with Crippen molar-refractivity contribution >= 4 is 22.9 Å². The topological polar surface area (TPSA) is 82.5 Å². The average molecular weight is 400 g/mol. The van der Waals surface area contributed by atoms with Crippen LogP contribution in [0.2, 0.25) is 0 Å². The van der Waals surface area contributed by atoms with Crippen molar-refractivity contribution < 1.29 is 13.2 Å². The van der Waals surface area contributed by atoms with Gasteiger partial charge in [-0.2, -0.15) is 13.2 Å². The van der Waals surface area contributed by atoms with Crippen molar-refractivity contribution in [3.8, 4) is 0 Å². The lowest BCUT2D eigenvalue weighted by molar-refractivity contribution is -0.141. The van der Waals surface area contributed by atoms with E-state index in [2.05, 4.69) is 10.3 Å². The molecule has 0 atom stereocenters. The number of nitrogens with zero attached hydrogens (tertiary/aromatic N) is 3. The van der Waals surface area contributed by atoms with Crippen molar-refractivity contribution in [2.45, 2.75) is 25.7 Å². The number of aromatic nitrogens is 2. The van der Waals surface area contributed by atoms with Gasteiger partial charge in [0.25, 0.3) is 5.56 Å². The summed E-state index contributed by atoms with van der Waals surface area (Å²) in [4.78, 5) is 31.0. The molecule has 2 heterocycles. The number of halogens is 4. The number of aromatic amines is 1. The predicted octanol–water partition coefficient (Wildman–Crippen LogP) is 0.458. The summed E-state index contributed by atoms with van der Waals surface area (Å²) in [5.74, 6) is 0.569. The van der Waals surface area contributed by atoms with E-state index in [0.29, 0.717) is 17.1 Å². The number of guanidine groups is 1. The molecule has 0 aromatic carbocycles. The molecule has 0 unspecified atom stereocenters. The minimum Gasteiger partial charge on any atom is -0.352 e. The van der Waals surface area contributed by atoms with Crippen LogP contribution in [0.3, 0.4) is 0 Å². The van der Waals surface area contributed by atoms with Gasteiger partial charge in [-0.25, -0.2) is 4.79 Å². The van der Waals surface area contributed by atoms with Crippen molar-refractivity contribution in [2.24, 2.45) is 4.99 Å². The SMILES string of the molecule is Br.CN1CCCN=C1NCc1cn(CC(F)(F)F)c(=O)[nH]c1=O. The van der Waals surface area contributed by atoms with Gasteiger partial charge < -0.3 is 10.2 Å². The number of hydrogen-bond donors (Lipinski definition) is 2. The Morgan fingerprint density at radius 1 is 1.39 bits per heavy atom. The summed E-state index contributed by atoms with van der Waals surface area (Å²) in [7, 11) is 1.82. The summed E-state index contributed by atoms with van der Waals surface area (Å²) in [5, 5.41) is 2.90. The zero-order valence-electron chi connectivity index (χ0n) is 12.3. The second-order valence-electron chi connectivity index (χ2n) is 4.99. The van der Waals surface area contributed by atoms with Crippen molar-refractivity contribution in [1.29, 1.82) is 0 Å². The van der Waals surface area contributed by atoms with Crippen LogP contribution in [0.15, 0.2) is 20.8 Å². The molecule has 11 heteroatoms. The molecule has 130 valence electrons. The van der Waals surface area contributed by atoms with E-state index in [0.717, 1.165) is 19.2 Å². The van der Waals surface area contributed by atoms with Gasteiger partial charge in [-0.3, -0.25) is 19.3 Å². The quantitative estimate of drug-likeness (QED) is 0.773. The third-order valence-electron chi connectivity index (χ3n) is 3.15. The number of hydrogen-bond acceptors (Lipinski definition) is 5. The van der Waals surface area contributed by atoms with Crippen molar-refractivity contribution in [1.82, 2.24) is 19.8 Å². The molecule has 23 heavy (non-hydrogen) atoms. The second kappa shape index (κ2) is 7.66. The third-order valence-corrected chi connectivity index (χ3v) is 3.15. The third kappa shape index (κ3) is 5.41. The van der Waals surface area contributed by atoms with Crippen LogP contribution >= 0.6 is 17.0 Å². The molecule has 1 aromatic rings. The summed E-state index contributed by atoms with van der Waals surface area (Å²) in [6.45, 7) is -0.0144. The number of H-pyrrole nitrogens is 1. The maximum atomic E-state index is 12.4. The highest BCUT2D eigenvalue weighted by Crippen LogP contribution is 2.16. The molecule has 0 spiro atoms. The molecule has 1 aliphatic heterocycles. The molecular weight excluding hydrogens is 383 g/mol. The molecule has 0 bridgehead atoms. The van der Waals surface area contributed by atoms with Crippen LogP contribution in [0.25, 0.3) is 0 Å². The summed E-state index contributed by atoms with van der Waals surface area (Å²) in [6.07, 6.45) is -2.70. The van der Waals surface area contributed by atoms with E-state index in [1.807, 2.05) is 16.9 Å². The number of alkyl halides is 3. The molecule has 2 N–H and O–H groups in total. The Morgan fingerprint density at radius 2 is 2.09 bits per heavy atom. The summed E-state index contributed by atoms with van der Waals surface area (Å²) in [5.41, 5.74) is -1.77. The molecule has 0 fully saturated rings. The zero-order valence-corrected chi connectivity index (χ0v) is 14.0. The standard InChI is InChI=1S/C12H16F3N5O2.BrH/c1-19-4-2-3-16-10(19)17-5-8-6-20(7-12(13,14)15)11(22)18-9(8)21;/h6H,2-5,7H2,1H3,(H,16,17)(H,18,21,22);1H. The summed E-state index contributed by atoms with van der Waals surface area (Å²) < 4.78 is 37.6. The normalized spacial score (nSPS) is 15.0. The van der Waals surface area contributed by atoms with Gasteiger partial charge in [0.15, 0.2) is 5.96 Å². The smallest absolute Gasteiger partial charge is 0.352 e. The predicted molar refractivity (Wildman–Crippen MR) is 84.1 cm³/mol. The van der Waals surface area contributed by atoms with Gasteiger partial charge >= 0.3 is 11.9 Å². The Morgan fingerprint density at radius 3 is 2.70 bits per heavy atom. The lowest BCUT2D eigenvalue weighted by atomic mass is 10.3. The summed E-state index contributed by atoms with van der Waals surface area (Å²) in [6, 6.07) is 0. The van der Waals surface area contributed by atoms with Crippen molar-refractivity contribution in [2.75, 3.05) is 20.1 Å². The molecule has 0 radical (unpaired) electrons. The molecule has 1 aliphatic rings. The molecule has 0 aliphatic carbocycles. The van der Waals surface area contributed by atoms with E-state index >= 15 is 0 Å². The lowest BCUT2D eigenvalue weighted by Gasteiger charge is -2.25. The van der Waals surface area contributed by atoms with Crippen LogP contribution in [0.1, 0.15) is 12.0 Å². The largest absolute Gasteiger partial charge is 0.406 e. The van der Waals surface area contributed by atoms with Gasteiger partial charge in [-0.05, 0) is 6.42 Å². The first-order chi connectivity index (χ1) is 10.3. The van der Waals surface area contributed by atoms with Gasteiger partial charge in [0.1, 0.15) is 6.54 Å². The molecule has 2 rings (SSSR count). The monoisotopic (exact) mass is 399 g/mol. The van der Waals surface area contributed by atoms with Gasteiger partial charge in [-0.1, -0.05) is 0 Å². The van der Waals surface area contributed by atoms with Crippen LogP contribution in [0.5, 0.6) is 0 Å².